The maximum Gasteiger partial charge on any atom is 0.126 e. The molecule has 0 aliphatic carbocycles. The molecule has 0 amide bonds. The van der Waals surface area contributed by atoms with Crippen LogP contribution in [-0.2, 0) is 12.8 Å². The molecule has 3 rings (SSSR count). The van der Waals surface area contributed by atoms with E-state index in [2.05, 4.69) is 30.4 Å². The molecule has 1 fully saturated rings. The Hall–Kier alpha value is -1.02. The molecule has 2 aliphatic heterocycles. The molecular weight excluding hydrogens is 210 g/mol. The second kappa shape index (κ2) is 4.69. The number of hydrogen-bond donors (Lipinski definition) is 1. The molecule has 1 aromatic carbocycles. The molecule has 2 heterocycles. The van der Waals surface area contributed by atoms with E-state index in [1.54, 1.807) is 0 Å². The van der Waals surface area contributed by atoms with Crippen molar-refractivity contribution in [2.45, 2.75) is 38.7 Å². The van der Waals surface area contributed by atoms with E-state index in [0.717, 1.165) is 12.3 Å². The van der Waals surface area contributed by atoms with Gasteiger partial charge in [-0.1, -0.05) is 18.2 Å². The second-order valence-electron chi connectivity index (χ2n) is 5.44. The number of para-hydroxylation sites is 1. The van der Waals surface area contributed by atoms with Crippen molar-refractivity contribution in [2.75, 3.05) is 13.1 Å². The van der Waals surface area contributed by atoms with Crippen LogP contribution in [0, 0.1) is 5.92 Å². The summed E-state index contributed by atoms with van der Waals surface area (Å²) in [7, 11) is 0. The van der Waals surface area contributed by atoms with E-state index in [1.165, 1.54) is 49.2 Å². The van der Waals surface area contributed by atoms with Crippen molar-refractivity contribution in [3.63, 3.8) is 0 Å². The number of benzene rings is 1. The summed E-state index contributed by atoms with van der Waals surface area (Å²) in [5.74, 6) is 1.99. The Morgan fingerprint density at radius 3 is 3.12 bits per heavy atom. The lowest BCUT2D eigenvalue weighted by Crippen LogP contribution is -2.21. The lowest BCUT2D eigenvalue weighted by molar-refractivity contribution is 0.189. The maximum atomic E-state index is 6.05. The Morgan fingerprint density at radius 2 is 2.29 bits per heavy atom. The fraction of sp³-hybridized carbons (Fsp3) is 0.600. The van der Waals surface area contributed by atoms with E-state index in [4.69, 9.17) is 4.74 Å². The van der Waals surface area contributed by atoms with Crippen LogP contribution in [0.1, 0.15) is 30.9 Å². The van der Waals surface area contributed by atoms with Gasteiger partial charge in [-0.05, 0) is 62.7 Å². The molecule has 1 aromatic rings. The van der Waals surface area contributed by atoms with Gasteiger partial charge in [0.2, 0.25) is 0 Å². The summed E-state index contributed by atoms with van der Waals surface area (Å²) in [5.41, 5.74) is 2.83. The van der Waals surface area contributed by atoms with Gasteiger partial charge in [-0.2, -0.15) is 0 Å². The third-order valence-corrected chi connectivity index (χ3v) is 3.99. The molecule has 2 unspecified atom stereocenters. The number of hydrogen-bond acceptors (Lipinski definition) is 2. The van der Waals surface area contributed by atoms with Crippen LogP contribution in [-0.4, -0.2) is 19.2 Å². The molecule has 0 aromatic heterocycles. The second-order valence-corrected chi connectivity index (χ2v) is 5.44. The van der Waals surface area contributed by atoms with Gasteiger partial charge in [0.25, 0.3) is 0 Å². The molecule has 92 valence electrons. The third-order valence-electron chi connectivity index (χ3n) is 3.99. The van der Waals surface area contributed by atoms with Crippen molar-refractivity contribution in [1.29, 1.82) is 0 Å². The minimum atomic E-state index is 0.380. The van der Waals surface area contributed by atoms with Crippen molar-refractivity contribution in [1.82, 2.24) is 5.32 Å². The van der Waals surface area contributed by atoms with Gasteiger partial charge in [-0.3, -0.25) is 0 Å². The Kier molecular flexibility index (Phi) is 3.06. The Morgan fingerprint density at radius 1 is 1.35 bits per heavy atom. The zero-order valence-electron chi connectivity index (χ0n) is 10.5. The summed E-state index contributed by atoms with van der Waals surface area (Å²) >= 11 is 0. The number of fused-ring (bicyclic) bond motifs is 1. The molecule has 0 saturated carbocycles. The highest BCUT2D eigenvalue weighted by Gasteiger charge is 2.22. The van der Waals surface area contributed by atoms with Crippen LogP contribution in [0.2, 0.25) is 0 Å². The molecule has 2 atom stereocenters. The van der Waals surface area contributed by atoms with Crippen molar-refractivity contribution < 1.29 is 4.74 Å². The van der Waals surface area contributed by atoms with Gasteiger partial charge in [0.05, 0.1) is 6.10 Å². The monoisotopic (exact) mass is 231 g/mol. The van der Waals surface area contributed by atoms with Crippen LogP contribution in [0.4, 0.5) is 0 Å². The van der Waals surface area contributed by atoms with Gasteiger partial charge in [0.15, 0.2) is 0 Å². The quantitative estimate of drug-likeness (QED) is 0.844. The molecule has 1 saturated heterocycles. The average Bonchev–Trinajstić information content (AvgIpc) is 2.83. The van der Waals surface area contributed by atoms with Crippen LogP contribution < -0.4 is 10.1 Å². The predicted octanol–water partition coefficient (Wildman–Crippen LogP) is 2.55. The van der Waals surface area contributed by atoms with Gasteiger partial charge in [-0.25, -0.2) is 0 Å². The summed E-state index contributed by atoms with van der Waals surface area (Å²) < 4.78 is 6.05. The normalized spacial score (nSPS) is 27.6. The highest BCUT2D eigenvalue weighted by molar-refractivity contribution is 5.43. The van der Waals surface area contributed by atoms with Crippen LogP contribution in [0.5, 0.6) is 5.75 Å². The minimum absolute atomic E-state index is 0.380. The zero-order valence-corrected chi connectivity index (χ0v) is 10.5. The zero-order chi connectivity index (χ0) is 11.7. The van der Waals surface area contributed by atoms with Crippen LogP contribution in [0.15, 0.2) is 18.2 Å². The molecule has 2 aliphatic rings. The first-order valence-corrected chi connectivity index (χ1v) is 6.81. The van der Waals surface area contributed by atoms with E-state index in [1.807, 2.05) is 0 Å². The first kappa shape index (κ1) is 11.1. The highest BCUT2D eigenvalue weighted by atomic mass is 16.5. The molecule has 0 bridgehead atoms. The van der Waals surface area contributed by atoms with E-state index in [0.29, 0.717) is 6.10 Å². The number of aryl methyl sites for hydroxylation is 1. The molecule has 1 N–H and O–H groups in total. The lowest BCUT2D eigenvalue weighted by atomic mass is 9.93. The van der Waals surface area contributed by atoms with Gasteiger partial charge in [0.1, 0.15) is 5.75 Å². The summed E-state index contributed by atoms with van der Waals surface area (Å²) in [6, 6.07) is 6.66. The third kappa shape index (κ3) is 2.32. The smallest absolute Gasteiger partial charge is 0.126 e. The fourth-order valence-corrected chi connectivity index (χ4v) is 2.97. The first-order valence-electron chi connectivity index (χ1n) is 6.81. The fourth-order valence-electron chi connectivity index (χ4n) is 2.97. The minimum Gasteiger partial charge on any atom is -0.490 e. The SMILES string of the molecule is CC1CCc2cccc(CC3CCNC3)c2O1. The van der Waals surface area contributed by atoms with Crippen molar-refractivity contribution >= 4 is 0 Å². The lowest BCUT2D eigenvalue weighted by Gasteiger charge is -2.26. The van der Waals surface area contributed by atoms with E-state index in [-0.39, 0.29) is 0 Å². The van der Waals surface area contributed by atoms with Crippen molar-refractivity contribution in [3.8, 4) is 5.75 Å². The molecule has 2 heteroatoms. The van der Waals surface area contributed by atoms with E-state index in [9.17, 15) is 0 Å². The standard InChI is InChI=1S/C15H21NO/c1-11-5-6-13-3-2-4-14(15(13)17-11)9-12-7-8-16-10-12/h2-4,11-12,16H,5-10H2,1H3. The Balaban J connectivity index is 1.83. The largest absolute Gasteiger partial charge is 0.490 e. The van der Waals surface area contributed by atoms with Gasteiger partial charge >= 0.3 is 0 Å². The van der Waals surface area contributed by atoms with E-state index < -0.39 is 0 Å². The van der Waals surface area contributed by atoms with E-state index >= 15 is 0 Å². The number of rotatable bonds is 2. The topological polar surface area (TPSA) is 21.3 Å². The molecule has 0 spiro atoms. The Labute approximate surface area is 103 Å². The Bertz CT molecular complexity index is 396. The summed E-state index contributed by atoms with van der Waals surface area (Å²) in [6.45, 7) is 4.52. The predicted molar refractivity (Wildman–Crippen MR) is 69.5 cm³/mol. The van der Waals surface area contributed by atoms with Crippen molar-refractivity contribution in [3.05, 3.63) is 29.3 Å². The number of nitrogens with one attached hydrogen (secondary N) is 1. The van der Waals surface area contributed by atoms with Crippen LogP contribution >= 0.6 is 0 Å². The average molecular weight is 231 g/mol. The summed E-state index contributed by atoms with van der Waals surface area (Å²) in [6.07, 6.45) is 5.18. The van der Waals surface area contributed by atoms with Crippen molar-refractivity contribution in [2.24, 2.45) is 5.92 Å². The maximum absolute atomic E-state index is 6.05. The molecular formula is C15H21NO. The summed E-state index contributed by atoms with van der Waals surface area (Å²) in [4.78, 5) is 0. The summed E-state index contributed by atoms with van der Waals surface area (Å²) in [5, 5.41) is 3.44. The molecule has 2 nitrogen and oxygen atoms in total. The molecule has 0 radical (unpaired) electrons. The molecule has 17 heavy (non-hydrogen) atoms. The first-order chi connectivity index (χ1) is 8.33. The highest BCUT2D eigenvalue weighted by Crippen LogP contribution is 2.33. The van der Waals surface area contributed by atoms with Crippen LogP contribution in [0.25, 0.3) is 0 Å². The number of ether oxygens (including phenoxy) is 1. The van der Waals surface area contributed by atoms with Gasteiger partial charge in [0, 0.05) is 0 Å². The van der Waals surface area contributed by atoms with Gasteiger partial charge in [-0.15, -0.1) is 0 Å². The van der Waals surface area contributed by atoms with Gasteiger partial charge < -0.3 is 10.1 Å². The van der Waals surface area contributed by atoms with Crippen LogP contribution in [0.3, 0.4) is 0 Å².